The Kier molecular flexibility index (Phi) is 5.50. The number of nitrogens with zero attached hydrogens (tertiary/aromatic N) is 2. The Morgan fingerprint density at radius 3 is 2.81 bits per heavy atom. The standard InChI is InChI=1S/C20H26N2O2S2/c1-12-3-6-14(7-4-12)24-17(23)10-25-19-18-15-8-5-13(2)9-16(15)26-20(18)22-11-21-19/h11-14H,3-10H2,1-2H3/t12?,13-,14?/m0/s1. The lowest BCUT2D eigenvalue weighted by Crippen LogP contribution is -2.24. The Bertz CT molecular complexity index is 796. The van der Waals surface area contributed by atoms with Gasteiger partial charge >= 0.3 is 5.97 Å². The van der Waals surface area contributed by atoms with Gasteiger partial charge in [0, 0.05) is 10.3 Å². The molecule has 2 aromatic heterocycles. The van der Waals surface area contributed by atoms with E-state index in [1.807, 2.05) is 0 Å². The van der Waals surface area contributed by atoms with Crippen LogP contribution in [0.4, 0.5) is 0 Å². The summed E-state index contributed by atoms with van der Waals surface area (Å²) >= 11 is 3.31. The molecular weight excluding hydrogens is 364 g/mol. The number of ether oxygens (including phenoxy) is 1. The van der Waals surface area contributed by atoms with Crippen LogP contribution in [0.3, 0.4) is 0 Å². The number of hydrogen-bond acceptors (Lipinski definition) is 6. The van der Waals surface area contributed by atoms with Crippen molar-refractivity contribution in [3.8, 4) is 0 Å². The summed E-state index contributed by atoms with van der Waals surface area (Å²) in [5.41, 5.74) is 1.42. The number of rotatable bonds is 4. The molecule has 0 radical (unpaired) electrons. The third-order valence-electron chi connectivity index (χ3n) is 5.64. The van der Waals surface area contributed by atoms with E-state index in [1.165, 1.54) is 34.0 Å². The second kappa shape index (κ2) is 7.85. The lowest BCUT2D eigenvalue weighted by molar-refractivity contribution is -0.147. The normalized spacial score (nSPS) is 25.8. The first-order chi connectivity index (χ1) is 12.6. The average molecular weight is 391 g/mol. The number of aromatic nitrogens is 2. The average Bonchev–Trinajstić information content (AvgIpc) is 3.00. The molecule has 6 heteroatoms. The highest BCUT2D eigenvalue weighted by molar-refractivity contribution is 8.00. The molecule has 0 saturated heterocycles. The molecule has 0 N–H and O–H groups in total. The maximum atomic E-state index is 12.3. The molecule has 0 aliphatic heterocycles. The Morgan fingerprint density at radius 2 is 2.00 bits per heavy atom. The van der Waals surface area contributed by atoms with Crippen molar-refractivity contribution in [2.45, 2.75) is 69.9 Å². The molecule has 2 aliphatic rings. The molecule has 2 aromatic rings. The minimum atomic E-state index is -0.112. The van der Waals surface area contributed by atoms with Crippen LogP contribution in [-0.4, -0.2) is 27.8 Å². The molecule has 1 saturated carbocycles. The largest absolute Gasteiger partial charge is 0.462 e. The number of thiophene rings is 1. The van der Waals surface area contributed by atoms with Gasteiger partial charge in [0.1, 0.15) is 22.3 Å². The fourth-order valence-corrected chi connectivity index (χ4v) is 6.27. The molecule has 4 nitrogen and oxygen atoms in total. The number of hydrogen-bond donors (Lipinski definition) is 0. The Morgan fingerprint density at radius 1 is 1.19 bits per heavy atom. The number of fused-ring (bicyclic) bond motifs is 3. The Labute approximate surface area is 163 Å². The highest BCUT2D eigenvalue weighted by Crippen LogP contribution is 2.40. The maximum absolute atomic E-state index is 12.3. The monoisotopic (exact) mass is 390 g/mol. The predicted octanol–water partition coefficient (Wildman–Crippen LogP) is 5.03. The number of carbonyl (C=O) groups is 1. The van der Waals surface area contributed by atoms with Gasteiger partial charge in [-0.3, -0.25) is 4.79 Å². The van der Waals surface area contributed by atoms with Crippen molar-refractivity contribution in [1.82, 2.24) is 9.97 Å². The van der Waals surface area contributed by atoms with Crippen molar-refractivity contribution in [2.24, 2.45) is 11.8 Å². The summed E-state index contributed by atoms with van der Waals surface area (Å²) in [6.07, 6.45) is 9.54. The highest BCUT2D eigenvalue weighted by Gasteiger charge is 2.24. The van der Waals surface area contributed by atoms with E-state index in [1.54, 1.807) is 17.7 Å². The first-order valence-corrected chi connectivity index (χ1v) is 11.5. The van der Waals surface area contributed by atoms with Gasteiger partial charge in [-0.15, -0.1) is 11.3 Å². The molecule has 1 atom stereocenters. The summed E-state index contributed by atoms with van der Waals surface area (Å²) in [4.78, 5) is 23.8. The van der Waals surface area contributed by atoms with Crippen LogP contribution in [-0.2, 0) is 22.4 Å². The van der Waals surface area contributed by atoms with Gasteiger partial charge in [0.2, 0.25) is 0 Å². The van der Waals surface area contributed by atoms with Gasteiger partial charge in [0.05, 0.1) is 5.75 Å². The van der Waals surface area contributed by atoms with E-state index < -0.39 is 0 Å². The topological polar surface area (TPSA) is 52.1 Å². The van der Waals surface area contributed by atoms with Crippen LogP contribution >= 0.6 is 23.1 Å². The smallest absolute Gasteiger partial charge is 0.316 e. The van der Waals surface area contributed by atoms with E-state index in [-0.39, 0.29) is 12.1 Å². The van der Waals surface area contributed by atoms with Crippen LogP contribution in [0.1, 0.15) is 56.4 Å². The van der Waals surface area contributed by atoms with E-state index in [0.29, 0.717) is 5.75 Å². The molecule has 0 unspecified atom stereocenters. The predicted molar refractivity (Wildman–Crippen MR) is 107 cm³/mol. The van der Waals surface area contributed by atoms with Crippen LogP contribution in [0.25, 0.3) is 10.2 Å². The molecule has 4 rings (SSSR count). The summed E-state index contributed by atoms with van der Waals surface area (Å²) in [6.45, 7) is 4.59. The van der Waals surface area contributed by atoms with E-state index in [0.717, 1.165) is 60.2 Å². The van der Waals surface area contributed by atoms with Crippen molar-refractivity contribution < 1.29 is 9.53 Å². The molecule has 140 valence electrons. The molecular formula is C20H26N2O2S2. The number of thioether (sulfide) groups is 1. The number of carbonyl (C=O) groups excluding carboxylic acids is 1. The Hall–Kier alpha value is -1.14. The zero-order valence-electron chi connectivity index (χ0n) is 15.5. The van der Waals surface area contributed by atoms with Gasteiger partial charge in [-0.25, -0.2) is 9.97 Å². The van der Waals surface area contributed by atoms with Gasteiger partial charge in [-0.05, 0) is 62.3 Å². The molecule has 0 spiro atoms. The zero-order valence-corrected chi connectivity index (χ0v) is 17.1. The minimum absolute atomic E-state index is 0.111. The van der Waals surface area contributed by atoms with E-state index in [9.17, 15) is 4.79 Å². The molecule has 0 amide bonds. The van der Waals surface area contributed by atoms with Crippen molar-refractivity contribution in [2.75, 3.05) is 5.75 Å². The molecule has 26 heavy (non-hydrogen) atoms. The van der Waals surface area contributed by atoms with Crippen LogP contribution in [0.5, 0.6) is 0 Å². The van der Waals surface area contributed by atoms with Gasteiger partial charge in [-0.1, -0.05) is 25.6 Å². The van der Waals surface area contributed by atoms with Crippen LogP contribution in [0.2, 0.25) is 0 Å². The molecule has 2 heterocycles. The highest BCUT2D eigenvalue weighted by atomic mass is 32.2. The summed E-state index contributed by atoms with van der Waals surface area (Å²) in [5.74, 6) is 1.73. The van der Waals surface area contributed by atoms with Gasteiger partial charge in [-0.2, -0.15) is 0 Å². The third kappa shape index (κ3) is 3.91. The van der Waals surface area contributed by atoms with E-state index >= 15 is 0 Å². The lowest BCUT2D eigenvalue weighted by atomic mass is 9.89. The fraction of sp³-hybridized carbons (Fsp3) is 0.650. The first kappa shape index (κ1) is 18.2. The van der Waals surface area contributed by atoms with Crippen molar-refractivity contribution in [1.29, 1.82) is 0 Å². The number of esters is 1. The quantitative estimate of drug-likeness (QED) is 0.416. The van der Waals surface area contributed by atoms with Gasteiger partial charge < -0.3 is 4.74 Å². The maximum Gasteiger partial charge on any atom is 0.316 e. The van der Waals surface area contributed by atoms with Crippen molar-refractivity contribution in [3.05, 3.63) is 16.8 Å². The van der Waals surface area contributed by atoms with E-state index in [2.05, 4.69) is 23.8 Å². The third-order valence-corrected chi connectivity index (χ3v) is 7.77. The molecule has 0 bridgehead atoms. The molecule has 2 aliphatic carbocycles. The summed E-state index contributed by atoms with van der Waals surface area (Å²) in [7, 11) is 0. The second-order valence-electron chi connectivity index (χ2n) is 7.87. The summed E-state index contributed by atoms with van der Waals surface area (Å²) in [6, 6.07) is 0. The summed E-state index contributed by atoms with van der Waals surface area (Å²) < 4.78 is 5.68. The first-order valence-electron chi connectivity index (χ1n) is 9.67. The molecule has 0 aromatic carbocycles. The number of aryl methyl sites for hydroxylation is 1. The van der Waals surface area contributed by atoms with Crippen molar-refractivity contribution in [3.63, 3.8) is 0 Å². The van der Waals surface area contributed by atoms with Crippen LogP contribution in [0, 0.1) is 11.8 Å². The Balaban J connectivity index is 1.43. The van der Waals surface area contributed by atoms with Crippen molar-refractivity contribution >= 4 is 39.3 Å². The molecule has 1 fully saturated rings. The zero-order chi connectivity index (χ0) is 18.1. The minimum Gasteiger partial charge on any atom is -0.462 e. The van der Waals surface area contributed by atoms with E-state index in [4.69, 9.17) is 4.74 Å². The SMILES string of the molecule is CC1CCC(OC(=O)CSc2ncnc3sc4c(c23)CC[C@H](C)C4)CC1. The van der Waals surface area contributed by atoms with Gasteiger partial charge in [0.25, 0.3) is 0 Å². The fourth-order valence-electron chi connectivity index (χ4n) is 4.05. The van der Waals surface area contributed by atoms with Gasteiger partial charge in [0.15, 0.2) is 0 Å². The summed E-state index contributed by atoms with van der Waals surface area (Å²) in [5, 5.41) is 2.12. The lowest BCUT2D eigenvalue weighted by Gasteiger charge is -2.25. The van der Waals surface area contributed by atoms with Crippen LogP contribution < -0.4 is 0 Å². The second-order valence-corrected chi connectivity index (χ2v) is 9.92. The van der Waals surface area contributed by atoms with Crippen LogP contribution in [0.15, 0.2) is 11.4 Å².